The molecule has 0 spiro atoms. The number of allylic oxidation sites excluding steroid dienone is 12. The zero-order valence-electron chi connectivity index (χ0n) is 44.2. The number of hydrogen-bond acceptors (Lipinski definition) is 6. The molecular weight excluding hydrogens is 829 g/mol. The molecule has 0 rings (SSSR count). The fourth-order valence-corrected chi connectivity index (χ4v) is 7.93. The summed E-state index contributed by atoms with van der Waals surface area (Å²) >= 11 is 0. The molecule has 6 heteroatoms. The minimum Gasteiger partial charge on any atom is -0.462 e. The molecular formula is C61H106O6. The highest BCUT2D eigenvalue weighted by molar-refractivity contribution is 5.71. The maximum absolute atomic E-state index is 12.7. The van der Waals surface area contributed by atoms with Crippen molar-refractivity contribution in [2.45, 2.75) is 284 Å². The summed E-state index contributed by atoms with van der Waals surface area (Å²) in [6.07, 6.45) is 70.9. The predicted molar refractivity (Wildman–Crippen MR) is 288 cm³/mol. The molecule has 0 aliphatic rings. The number of hydrogen-bond donors (Lipinski definition) is 0. The first-order valence-electron chi connectivity index (χ1n) is 28.4. The van der Waals surface area contributed by atoms with Crippen LogP contribution in [0.1, 0.15) is 278 Å². The number of ether oxygens (including phenoxy) is 3. The van der Waals surface area contributed by atoms with Gasteiger partial charge in [0.1, 0.15) is 13.2 Å². The highest BCUT2D eigenvalue weighted by Gasteiger charge is 2.19. The summed E-state index contributed by atoms with van der Waals surface area (Å²) < 4.78 is 16.7. The Labute approximate surface area is 414 Å². The quantitative estimate of drug-likeness (QED) is 0.0262. The van der Waals surface area contributed by atoms with E-state index in [4.69, 9.17) is 14.2 Å². The molecule has 1 unspecified atom stereocenters. The lowest BCUT2D eigenvalue weighted by Gasteiger charge is -2.18. The Morgan fingerprint density at radius 3 is 0.910 bits per heavy atom. The van der Waals surface area contributed by atoms with Gasteiger partial charge in [-0.2, -0.15) is 0 Å². The van der Waals surface area contributed by atoms with Crippen LogP contribution in [0.3, 0.4) is 0 Å². The van der Waals surface area contributed by atoms with Crippen LogP contribution in [0, 0.1) is 0 Å². The molecule has 6 nitrogen and oxygen atoms in total. The topological polar surface area (TPSA) is 78.9 Å². The van der Waals surface area contributed by atoms with Crippen LogP contribution in [-0.4, -0.2) is 37.2 Å². The summed E-state index contributed by atoms with van der Waals surface area (Å²) in [7, 11) is 0. The van der Waals surface area contributed by atoms with E-state index in [1.54, 1.807) is 0 Å². The number of carbonyl (C=O) groups excluding carboxylic acids is 3. The molecule has 0 aromatic rings. The minimum absolute atomic E-state index is 0.0819. The van der Waals surface area contributed by atoms with E-state index in [0.717, 1.165) is 116 Å². The van der Waals surface area contributed by atoms with Crippen molar-refractivity contribution in [2.24, 2.45) is 0 Å². The lowest BCUT2D eigenvalue weighted by Crippen LogP contribution is -2.30. The average molecular weight is 936 g/mol. The summed E-state index contributed by atoms with van der Waals surface area (Å²) in [6, 6.07) is 0. The predicted octanol–water partition coefficient (Wildman–Crippen LogP) is 19.0. The maximum Gasteiger partial charge on any atom is 0.306 e. The van der Waals surface area contributed by atoms with Crippen molar-refractivity contribution in [3.63, 3.8) is 0 Å². The third-order valence-electron chi connectivity index (χ3n) is 12.2. The lowest BCUT2D eigenvalue weighted by molar-refractivity contribution is -0.167. The molecule has 0 radical (unpaired) electrons. The molecule has 0 N–H and O–H groups in total. The van der Waals surface area contributed by atoms with Crippen LogP contribution in [0.15, 0.2) is 72.9 Å². The van der Waals surface area contributed by atoms with Crippen LogP contribution in [0.5, 0.6) is 0 Å². The Bertz CT molecular complexity index is 1260. The average Bonchev–Trinajstić information content (AvgIpc) is 3.33. The molecule has 1 atom stereocenters. The van der Waals surface area contributed by atoms with Crippen molar-refractivity contribution in [1.82, 2.24) is 0 Å². The van der Waals surface area contributed by atoms with Crippen molar-refractivity contribution in [2.75, 3.05) is 13.2 Å². The molecule has 0 saturated carbocycles. The molecule has 0 bridgehead atoms. The fourth-order valence-electron chi connectivity index (χ4n) is 7.93. The number of esters is 3. The van der Waals surface area contributed by atoms with Gasteiger partial charge >= 0.3 is 17.9 Å². The second-order valence-corrected chi connectivity index (χ2v) is 18.8. The molecule has 0 aromatic heterocycles. The van der Waals surface area contributed by atoms with Crippen LogP contribution in [0.2, 0.25) is 0 Å². The Kier molecular flexibility index (Phi) is 52.8. The number of carbonyl (C=O) groups is 3. The van der Waals surface area contributed by atoms with Crippen molar-refractivity contribution in [1.29, 1.82) is 0 Å². The minimum atomic E-state index is -0.780. The molecule has 0 saturated heterocycles. The summed E-state index contributed by atoms with van der Waals surface area (Å²) in [4.78, 5) is 37.7. The van der Waals surface area contributed by atoms with Crippen molar-refractivity contribution in [3.8, 4) is 0 Å². The van der Waals surface area contributed by atoms with Gasteiger partial charge < -0.3 is 14.2 Å². The molecule has 0 fully saturated rings. The lowest BCUT2D eigenvalue weighted by atomic mass is 10.0. The van der Waals surface area contributed by atoms with Crippen molar-refractivity contribution >= 4 is 17.9 Å². The van der Waals surface area contributed by atoms with Gasteiger partial charge in [-0.15, -0.1) is 0 Å². The van der Waals surface area contributed by atoms with Crippen molar-refractivity contribution < 1.29 is 28.6 Å². The van der Waals surface area contributed by atoms with Gasteiger partial charge in [-0.25, -0.2) is 0 Å². The van der Waals surface area contributed by atoms with Crippen LogP contribution in [0.25, 0.3) is 0 Å². The third kappa shape index (κ3) is 53.7. The van der Waals surface area contributed by atoms with Gasteiger partial charge in [0.05, 0.1) is 0 Å². The molecule has 67 heavy (non-hydrogen) atoms. The maximum atomic E-state index is 12.7. The SMILES string of the molecule is CC/C=C\C/C=C\C/C=C\CCCCCCCC(=O)OC(COC(=O)CCCCCCC)COC(=O)CCCCCCCCCCCCCCCC/C=C\C/C=C\C/C=C\CCCCCCC. The summed E-state index contributed by atoms with van der Waals surface area (Å²) in [6.45, 7) is 6.43. The molecule has 0 heterocycles. The Morgan fingerprint density at radius 1 is 0.313 bits per heavy atom. The Hall–Kier alpha value is -3.15. The number of unbranched alkanes of at least 4 members (excludes halogenated alkanes) is 28. The first-order valence-corrected chi connectivity index (χ1v) is 28.4. The first kappa shape index (κ1) is 63.8. The van der Waals surface area contributed by atoms with E-state index in [1.165, 1.54) is 122 Å². The molecule has 0 aliphatic carbocycles. The monoisotopic (exact) mass is 935 g/mol. The zero-order valence-corrected chi connectivity index (χ0v) is 44.2. The van der Waals surface area contributed by atoms with E-state index in [0.29, 0.717) is 19.3 Å². The molecule has 0 aromatic carbocycles. The van der Waals surface area contributed by atoms with Gasteiger partial charge in [-0.3, -0.25) is 14.4 Å². The van der Waals surface area contributed by atoms with Gasteiger partial charge in [0.2, 0.25) is 0 Å². The van der Waals surface area contributed by atoms with E-state index < -0.39 is 6.10 Å². The standard InChI is InChI=1S/C61H106O6/c1-4-7-10-13-15-17-19-21-23-24-25-26-27-28-29-30-31-32-33-34-35-36-38-39-41-43-45-48-51-54-60(63)66-57-58(56-65-59(62)53-50-47-12-9-6-3)67-61(64)55-52-49-46-44-42-40-37-22-20-18-16-14-11-8-5-2/h8,11,16,18-19,21-22,24-25,27-28,37,58H,4-7,9-10,12-15,17,20,23,26,29-36,38-57H2,1-3H3/b11-8-,18-16-,21-19-,25-24-,28-27-,37-22-. The van der Waals surface area contributed by atoms with Crippen molar-refractivity contribution in [3.05, 3.63) is 72.9 Å². The summed E-state index contributed by atoms with van der Waals surface area (Å²) in [5.74, 6) is -0.909. The van der Waals surface area contributed by atoms with Gasteiger partial charge in [0, 0.05) is 19.3 Å². The normalized spacial score (nSPS) is 12.6. The first-order chi connectivity index (χ1) is 33.0. The Morgan fingerprint density at radius 2 is 0.582 bits per heavy atom. The van der Waals surface area contributed by atoms with E-state index >= 15 is 0 Å². The largest absolute Gasteiger partial charge is 0.462 e. The fraction of sp³-hybridized carbons (Fsp3) is 0.754. The second-order valence-electron chi connectivity index (χ2n) is 18.8. The van der Waals surface area contributed by atoms with Crippen LogP contribution >= 0.6 is 0 Å². The highest BCUT2D eigenvalue weighted by atomic mass is 16.6. The number of rotatable bonds is 51. The van der Waals surface area contributed by atoms with Crippen LogP contribution in [0.4, 0.5) is 0 Å². The zero-order chi connectivity index (χ0) is 48.6. The van der Waals surface area contributed by atoms with E-state index in [1.807, 2.05) is 0 Å². The third-order valence-corrected chi connectivity index (χ3v) is 12.2. The van der Waals surface area contributed by atoms with Gasteiger partial charge in [-0.05, 0) is 89.9 Å². The molecule has 0 amide bonds. The summed E-state index contributed by atoms with van der Waals surface area (Å²) in [5, 5.41) is 0. The van der Waals surface area contributed by atoms with Gasteiger partial charge in [-0.1, -0.05) is 241 Å². The highest BCUT2D eigenvalue weighted by Crippen LogP contribution is 2.16. The van der Waals surface area contributed by atoms with Crippen LogP contribution < -0.4 is 0 Å². The van der Waals surface area contributed by atoms with Gasteiger partial charge in [0.25, 0.3) is 0 Å². The smallest absolute Gasteiger partial charge is 0.306 e. The molecule has 386 valence electrons. The Balaban J connectivity index is 4.02. The summed E-state index contributed by atoms with van der Waals surface area (Å²) in [5.41, 5.74) is 0. The second kappa shape index (κ2) is 55.4. The molecule has 0 aliphatic heterocycles. The van der Waals surface area contributed by atoms with E-state index in [-0.39, 0.29) is 31.1 Å². The van der Waals surface area contributed by atoms with Crippen LogP contribution in [-0.2, 0) is 28.6 Å². The van der Waals surface area contributed by atoms with E-state index in [2.05, 4.69) is 93.7 Å². The van der Waals surface area contributed by atoms with Gasteiger partial charge in [0.15, 0.2) is 6.10 Å². The van der Waals surface area contributed by atoms with E-state index in [9.17, 15) is 14.4 Å².